The van der Waals surface area contributed by atoms with Gasteiger partial charge in [0.2, 0.25) is 5.91 Å². The molecule has 0 radical (unpaired) electrons. The second kappa shape index (κ2) is 9.29. The Morgan fingerprint density at radius 2 is 1.93 bits per heavy atom. The van der Waals surface area contributed by atoms with E-state index in [0.717, 1.165) is 12.8 Å². The summed E-state index contributed by atoms with van der Waals surface area (Å²) in [6, 6.07) is 8.61. The van der Waals surface area contributed by atoms with E-state index >= 15 is 0 Å². The molecule has 1 saturated carbocycles. The fraction of sp³-hybridized carbons (Fsp3) is 0.565. The summed E-state index contributed by atoms with van der Waals surface area (Å²) in [7, 11) is 0. The van der Waals surface area contributed by atoms with Crippen molar-refractivity contribution in [2.24, 2.45) is 17.8 Å². The number of carbonyl (C=O) groups is 3. The lowest BCUT2D eigenvalue weighted by Crippen LogP contribution is -2.45. The van der Waals surface area contributed by atoms with Crippen LogP contribution in [0.3, 0.4) is 0 Å². The number of carbonyl (C=O) groups excluding carboxylic acids is 3. The van der Waals surface area contributed by atoms with Gasteiger partial charge in [0.1, 0.15) is 0 Å². The molecular weight excluding hydrogens is 382 g/mol. The van der Waals surface area contributed by atoms with Gasteiger partial charge in [0.05, 0.1) is 17.6 Å². The molecule has 0 aromatic heterocycles. The van der Waals surface area contributed by atoms with Crippen LogP contribution in [0.1, 0.15) is 52.0 Å². The number of hydrogen-bond acceptors (Lipinski definition) is 5. The van der Waals surface area contributed by atoms with Crippen LogP contribution in [0.4, 0.5) is 5.69 Å². The molecule has 3 rings (SSSR count). The maximum Gasteiger partial charge on any atom is 0.312 e. The number of anilines is 1. The first-order valence-corrected chi connectivity index (χ1v) is 10.6. The Balaban J connectivity index is 1.54. The summed E-state index contributed by atoms with van der Waals surface area (Å²) in [5, 5.41) is 11.5. The van der Waals surface area contributed by atoms with E-state index in [2.05, 4.69) is 19.2 Å². The Labute approximate surface area is 177 Å². The topological polar surface area (TPSA) is 99.5 Å². The van der Waals surface area contributed by atoms with E-state index < -0.39 is 23.9 Å². The minimum atomic E-state index is -0.981. The minimum Gasteiger partial charge on any atom is -0.452 e. The highest BCUT2D eigenvalue weighted by molar-refractivity contribution is 5.95. The molecule has 1 saturated heterocycles. The Bertz CT molecular complexity index is 845. The monoisotopic (exact) mass is 411 g/mol. The molecule has 2 fully saturated rings. The molecule has 1 aromatic rings. The molecule has 5 atom stereocenters. The molecule has 2 aliphatic rings. The van der Waals surface area contributed by atoms with Gasteiger partial charge in [0, 0.05) is 24.7 Å². The predicted molar refractivity (Wildman–Crippen MR) is 111 cm³/mol. The molecule has 1 heterocycles. The van der Waals surface area contributed by atoms with Crippen molar-refractivity contribution < 1.29 is 19.1 Å². The van der Waals surface area contributed by atoms with Gasteiger partial charge in [-0.15, -0.1) is 0 Å². The maximum atomic E-state index is 12.6. The van der Waals surface area contributed by atoms with E-state index in [1.165, 1.54) is 13.3 Å². The molecule has 0 spiro atoms. The third-order valence-electron chi connectivity index (χ3n) is 6.50. The van der Waals surface area contributed by atoms with Crippen molar-refractivity contribution >= 4 is 23.5 Å². The minimum absolute atomic E-state index is 0.00223. The number of likely N-dealkylation sites (tertiary alicyclic amines) is 1. The van der Waals surface area contributed by atoms with Gasteiger partial charge in [-0.2, -0.15) is 5.26 Å². The van der Waals surface area contributed by atoms with Crippen LogP contribution in [-0.4, -0.2) is 41.4 Å². The summed E-state index contributed by atoms with van der Waals surface area (Å²) < 4.78 is 5.36. The second-order valence-electron chi connectivity index (χ2n) is 8.54. The number of hydrogen-bond donors (Lipinski definition) is 1. The summed E-state index contributed by atoms with van der Waals surface area (Å²) in [6.45, 7) is 6.28. The highest BCUT2D eigenvalue weighted by Gasteiger charge is 2.42. The normalized spacial score (nSPS) is 27.3. The molecule has 1 N–H and O–H groups in total. The molecule has 0 unspecified atom stereocenters. The van der Waals surface area contributed by atoms with E-state index in [1.807, 2.05) is 11.0 Å². The average molecular weight is 412 g/mol. The van der Waals surface area contributed by atoms with E-state index in [9.17, 15) is 14.4 Å². The maximum absolute atomic E-state index is 12.6. The van der Waals surface area contributed by atoms with Crippen LogP contribution in [0.5, 0.6) is 0 Å². The number of benzene rings is 1. The van der Waals surface area contributed by atoms with Crippen molar-refractivity contribution in [1.82, 2.24) is 4.90 Å². The van der Waals surface area contributed by atoms with Crippen molar-refractivity contribution in [3.63, 3.8) is 0 Å². The Kier molecular flexibility index (Phi) is 6.76. The summed E-state index contributed by atoms with van der Waals surface area (Å²) in [6.07, 6.45) is 2.41. The van der Waals surface area contributed by atoms with Gasteiger partial charge in [-0.3, -0.25) is 14.4 Å². The smallest absolute Gasteiger partial charge is 0.312 e. The molecular formula is C23H29N3O4. The van der Waals surface area contributed by atoms with E-state index in [1.54, 1.807) is 24.3 Å². The van der Waals surface area contributed by atoms with Gasteiger partial charge in [0.15, 0.2) is 6.10 Å². The molecule has 30 heavy (non-hydrogen) atoms. The van der Waals surface area contributed by atoms with E-state index in [-0.39, 0.29) is 18.4 Å². The number of nitrogens with one attached hydrogen (secondary N) is 1. The van der Waals surface area contributed by atoms with E-state index in [4.69, 9.17) is 10.00 Å². The zero-order valence-electron chi connectivity index (χ0n) is 17.8. The average Bonchev–Trinajstić information content (AvgIpc) is 3.12. The number of esters is 1. The van der Waals surface area contributed by atoms with Crippen LogP contribution in [0.2, 0.25) is 0 Å². The summed E-state index contributed by atoms with van der Waals surface area (Å²) in [4.78, 5) is 39.4. The van der Waals surface area contributed by atoms with Crippen molar-refractivity contribution in [2.45, 2.75) is 58.6 Å². The van der Waals surface area contributed by atoms with E-state index in [0.29, 0.717) is 29.6 Å². The number of rotatable bonds is 5. The second-order valence-corrected chi connectivity index (χ2v) is 8.54. The first-order valence-electron chi connectivity index (χ1n) is 10.6. The molecule has 1 aromatic carbocycles. The predicted octanol–water partition coefficient (Wildman–Crippen LogP) is 3.10. The van der Waals surface area contributed by atoms with Crippen molar-refractivity contribution in [3.8, 4) is 6.07 Å². The van der Waals surface area contributed by atoms with Gasteiger partial charge in [-0.25, -0.2) is 0 Å². The molecule has 160 valence electrons. The third-order valence-corrected chi connectivity index (χ3v) is 6.50. The molecule has 0 bridgehead atoms. The van der Waals surface area contributed by atoms with Crippen LogP contribution in [0, 0.1) is 29.1 Å². The lowest BCUT2D eigenvalue weighted by atomic mass is 9.77. The molecule has 1 aliphatic heterocycles. The molecule has 7 heteroatoms. The highest BCUT2D eigenvalue weighted by Crippen LogP contribution is 2.36. The lowest BCUT2D eigenvalue weighted by Gasteiger charge is -2.39. The van der Waals surface area contributed by atoms with Gasteiger partial charge in [-0.1, -0.05) is 26.7 Å². The quantitative estimate of drug-likeness (QED) is 0.751. The van der Waals surface area contributed by atoms with Gasteiger partial charge >= 0.3 is 5.97 Å². The standard InChI is InChI=1S/C23H29N3O4/c1-14-5-4-6-20(15(14)2)26-13-18(11-21(26)27)23(29)30-16(3)22(28)25-19-9-7-17(12-24)8-10-19/h7-10,14-16,18,20H,4-6,11,13H2,1-3H3,(H,25,28)/t14-,15-,16+,18-,20+/m1/s1. The highest BCUT2D eigenvalue weighted by atomic mass is 16.5. The van der Waals surface area contributed by atoms with Crippen LogP contribution < -0.4 is 5.32 Å². The van der Waals surface area contributed by atoms with Gasteiger partial charge < -0.3 is 15.0 Å². The zero-order chi connectivity index (χ0) is 21.8. The van der Waals surface area contributed by atoms with Gasteiger partial charge in [-0.05, 0) is 49.4 Å². The number of amides is 2. The fourth-order valence-electron chi connectivity index (χ4n) is 4.40. The fourth-order valence-corrected chi connectivity index (χ4v) is 4.40. The van der Waals surface area contributed by atoms with Crippen molar-refractivity contribution in [3.05, 3.63) is 29.8 Å². The summed E-state index contributed by atoms with van der Waals surface area (Å²) >= 11 is 0. The van der Waals surface area contributed by atoms with Gasteiger partial charge in [0.25, 0.3) is 5.91 Å². The first-order chi connectivity index (χ1) is 14.3. The largest absolute Gasteiger partial charge is 0.452 e. The molecule has 1 aliphatic carbocycles. The third kappa shape index (κ3) is 4.81. The van der Waals surface area contributed by atoms with Crippen molar-refractivity contribution in [1.29, 1.82) is 5.26 Å². The van der Waals surface area contributed by atoms with Crippen molar-refractivity contribution in [2.75, 3.05) is 11.9 Å². The zero-order valence-corrected chi connectivity index (χ0v) is 17.8. The molecule has 7 nitrogen and oxygen atoms in total. The Morgan fingerprint density at radius 1 is 1.23 bits per heavy atom. The summed E-state index contributed by atoms with van der Waals surface area (Å²) in [5.41, 5.74) is 1.01. The Hall–Kier alpha value is -2.88. The lowest BCUT2D eigenvalue weighted by molar-refractivity contribution is -0.157. The first kappa shape index (κ1) is 21.8. The number of nitriles is 1. The number of ether oxygens (including phenoxy) is 1. The summed E-state index contributed by atoms with van der Waals surface area (Å²) in [5.74, 6) is -0.526. The Morgan fingerprint density at radius 3 is 2.60 bits per heavy atom. The van der Waals surface area contributed by atoms with Crippen LogP contribution >= 0.6 is 0 Å². The van der Waals surface area contributed by atoms with Crippen LogP contribution in [0.25, 0.3) is 0 Å². The van der Waals surface area contributed by atoms with Crippen LogP contribution in [-0.2, 0) is 19.1 Å². The number of nitrogens with zero attached hydrogens (tertiary/aromatic N) is 2. The van der Waals surface area contributed by atoms with Crippen LogP contribution in [0.15, 0.2) is 24.3 Å². The SMILES string of the molecule is C[C@@H]1[C@H](C)CCC[C@@H]1N1C[C@H](C(=O)O[C@@H](C)C(=O)Nc2ccc(C#N)cc2)CC1=O. The molecule has 2 amide bonds.